The van der Waals surface area contributed by atoms with Gasteiger partial charge in [-0.3, -0.25) is 4.72 Å². The monoisotopic (exact) mass is 648 g/mol. The van der Waals surface area contributed by atoms with Crippen LogP contribution in [0.3, 0.4) is 0 Å². The molecular weight excluding hydrogens is 608 g/mol. The average Bonchev–Trinajstić information content (AvgIpc) is 3.71. The molecule has 2 aromatic carbocycles. The Morgan fingerprint density at radius 3 is 2.61 bits per heavy atom. The Hall–Kier alpha value is -4.27. The summed E-state index contributed by atoms with van der Waals surface area (Å²) in [5.74, 6) is 1.79. The van der Waals surface area contributed by atoms with E-state index in [9.17, 15) is 18.3 Å². The third-order valence-corrected chi connectivity index (χ3v) is 10.1. The number of hydrogen-bond donors (Lipinski definition) is 4. The van der Waals surface area contributed by atoms with Crippen LogP contribution in [-0.2, 0) is 23.0 Å². The smallest absolute Gasteiger partial charge is 0.368 e. The molecule has 2 aliphatic rings. The highest BCUT2D eigenvalue weighted by atomic mass is 32.2. The third-order valence-electron chi connectivity index (χ3n) is 8.74. The van der Waals surface area contributed by atoms with Crippen LogP contribution < -0.4 is 26.2 Å². The Morgan fingerprint density at radius 2 is 1.85 bits per heavy atom. The van der Waals surface area contributed by atoms with Gasteiger partial charge >= 0.3 is 5.69 Å². The maximum atomic E-state index is 13.2. The molecule has 1 aliphatic carbocycles. The Morgan fingerprint density at radius 1 is 1.04 bits per heavy atom. The number of pyridine rings is 1. The minimum atomic E-state index is -3.87. The van der Waals surface area contributed by atoms with E-state index < -0.39 is 16.1 Å². The van der Waals surface area contributed by atoms with E-state index in [0.717, 1.165) is 24.3 Å². The van der Waals surface area contributed by atoms with E-state index in [1.807, 2.05) is 0 Å². The van der Waals surface area contributed by atoms with Crippen LogP contribution >= 0.6 is 0 Å². The van der Waals surface area contributed by atoms with Gasteiger partial charge in [-0.2, -0.15) is 9.36 Å². The summed E-state index contributed by atoms with van der Waals surface area (Å²) in [6.45, 7) is 1.39. The van der Waals surface area contributed by atoms with Gasteiger partial charge in [0.25, 0.3) is 10.0 Å². The molecule has 46 heavy (non-hydrogen) atoms. The second kappa shape index (κ2) is 14.0. The lowest BCUT2D eigenvalue weighted by atomic mass is 10.0. The van der Waals surface area contributed by atoms with Crippen molar-refractivity contribution in [3.63, 3.8) is 0 Å². The first-order chi connectivity index (χ1) is 22.2. The molecule has 1 saturated carbocycles. The highest BCUT2D eigenvalue weighted by molar-refractivity contribution is 7.92. The lowest BCUT2D eigenvalue weighted by molar-refractivity contribution is 0.146. The summed E-state index contributed by atoms with van der Waals surface area (Å²) in [6, 6.07) is 14.7. The van der Waals surface area contributed by atoms with Crippen LogP contribution in [0.15, 0.2) is 70.5 Å². The maximum Gasteiger partial charge on any atom is 0.368 e. The molecule has 244 valence electrons. The van der Waals surface area contributed by atoms with Gasteiger partial charge in [0.1, 0.15) is 17.7 Å². The lowest BCUT2D eigenvalue weighted by Crippen LogP contribution is -2.36. The summed E-state index contributed by atoms with van der Waals surface area (Å²) in [4.78, 5) is 17.0. The van der Waals surface area contributed by atoms with E-state index >= 15 is 0 Å². The second-order valence-electron chi connectivity index (χ2n) is 12.1. The van der Waals surface area contributed by atoms with Crippen molar-refractivity contribution in [1.82, 2.24) is 30.1 Å². The first-order valence-electron chi connectivity index (χ1n) is 15.8. The van der Waals surface area contributed by atoms with Crippen LogP contribution in [0.4, 0.5) is 11.5 Å². The van der Waals surface area contributed by atoms with Gasteiger partial charge in [-0.05, 0) is 96.1 Å². The maximum absolute atomic E-state index is 13.2. The van der Waals surface area contributed by atoms with Crippen LogP contribution in [0.5, 0.6) is 5.75 Å². The fourth-order valence-electron chi connectivity index (χ4n) is 6.13. The Balaban J connectivity index is 1.01. The number of aryl methyl sites for hydroxylation is 2. The van der Waals surface area contributed by atoms with Crippen molar-refractivity contribution in [3.05, 3.63) is 82.4 Å². The van der Waals surface area contributed by atoms with Crippen molar-refractivity contribution in [2.45, 2.75) is 75.0 Å². The predicted molar refractivity (Wildman–Crippen MR) is 173 cm³/mol. The summed E-state index contributed by atoms with van der Waals surface area (Å²) in [5, 5.41) is 21.7. The van der Waals surface area contributed by atoms with Crippen molar-refractivity contribution in [1.29, 1.82) is 0 Å². The van der Waals surface area contributed by atoms with Crippen LogP contribution in [0.25, 0.3) is 5.69 Å². The van der Waals surface area contributed by atoms with Gasteiger partial charge in [-0.1, -0.05) is 31.7 Å². The van der Waals surface area contributed by atoms with Gasteiger partial charge < -0.3 is 20.9 Å². The van der Waals surface area contributed by atoms with Crippen molar-refractivity contribution in [3.8, 4) is 11.4 Å². The molecule has 1 unspecified atom stereocenters. The van der Waals surface area contributed by atoms with Crippen LogP contribution in [0.2, 0.25) is 0 Å². The molecule has 5 N–H and O–H groups in total. The summed E-state index contributed by atoms with van der Waals surface area (Å²) in [5.41, 5.74) is 7.64. The molecule has 2 atom stereocenters. The van der Waals surface area contributed by atoms with Crippen LogP contribution in [0, 0.1) is 5.92 Å². The van der Waals surface area contributed by atoms with Gasteiger partial charge in [0, 0.05) is 37.1 Å². The van der Waals surface area contributed by atoms with E-state index in [0.29, 0.717) is 61.0 Å². The number of sulfonamides is 1. The number of nitrogens with one attached hydrogen (secondary N) is 2. The lowest BCUT2D eigenvalue weighted by Gasteiger charge is -2.27. The van der Waals surface area contributed by atoms with Gasteiger partial charge in [0.05, 0.1) is 16.7 Å². The molecule has 2 aromatic heterocycles. The van der Waals surface area contributed by atoms with E-state index in [1.54, 1.807) is 54.7 Å². The fraction of sp³-hybridized carbons (Fsp3) is 0.438. The number of rotatable bonds is 13. The summed E-state index contributed by atoms with van der Waals surface area (Å²) in [6.07, 6.45) is 9.21. The number of nitrogens with two attached hydrogens (primary N) is 1. The summed E-state index contributed by atoms with van der Waals surface area (Å²) in [7, 11) is -3.87. The normalized spacial score (nSPS) is 17.4. The molecule has 0 radical (unpaired) electrons. The summed E-state index contributed by atoms with van der Waals surface area (Å²) >= 11 is 0. The van der Waals surface area contributed by atoms with Crippen molar-refractivity contribution < 1.29 is 18.3 Å². The standard InChI is InChI=1S/C32H40N8O5S/c33-31-16-8-24(19-35-31)29(41)21-34-20-27-13-7-23-18-28(14-15-30(23)45-27)46(43,44)36-25-9-11-26(12-10-25)40-32(42)39(37-38-40)17-3-6-22-4-1-2-5-22/h8-12,14-16,18-19,22,27,29,34,36,41H,1-7,13,17,20-21H2,(H2,33,35)/t27?,29-/m0/s1. The molecule has 1 fully saturated rings. The molecule has 14 heteroatoms. The Bertz CT molecular complexity index is 1780. The average molecular weight is 649 g/mol. The second-order valence-corrected chi connectivity index (χ2v) is 13.8. The molecule has 13 nitrogen and oxygen atoms in total. The molecule has 3 heterocycles. The number of tetrazole rings is 1. The number of aliphatic hydroxyl groups excluding tert-OH is 1. The minimum Gasteiger partial charge on any atom is -0.489 e. The fourth-order valence-corrected chi connectivity index (χ4v) is 7.24. The first-order valence-corrected chi connectivity index (χ1v) is 17.3. The third kappa shape index (κ3) is 7.57. The SMILES string of the molecule is Nc1ccc([C@@H](O)CNCC2CCc3cc(S(=O)(=O)Nc4ccc(-n5nnn(CCCC6CCCC6)c5=O)cc4)ccc3O2)cn1. The highest BCUT2D eigenvalue weighted by Crippen LogP contribution is 2.31. The van der Waals surface area contributed by atoms with E-state index in [1.165, 1.54) is 41.1 Å². The number of hydrogen-bond acceptors (Lipinski definition) is 10. The number of ether oxygens (including phenoxy) is 1. The van der Waals surface area contributed by atoms with E-state index in [4.69, 9.17) is 10.5 Å². The van der Waals surface area contributed by atoms with Crippen molar-refractivity contribution in [2.75, 3.05) is 23.5 Å². The van der Waals surface area contributed by atoms with Crippen LogP contribution in [0.1, 0.15) is 62.2 Å². The topological polar surface area (TPSA) is 179 Å². The number of benzene rings is 2. The quantitative estimate of drug-likeness (QED) is 0.168. The highest BCUT2D eigenvalue weighted by Gasteiger charge is 2.23. The molecule has 0 amide bonds. The van der Waals surface area contributed by atoms with Gasteiger partial charge in [-0.15, -0.1) is 0 Å². The summed E-state index contributed by atoms with van der Waals surface area (Å²) < 4.78 is 37.8. The molecule has 1 aliphatic heterocycles. The predicted octanol–water partition coefficient (Wildman–Crippen LogP) is 3.19. The van der Waals surface area contributed by atoms with Crippen molar-refractivity contribution in [2.24, 2.45) is 5.92 Å². The van der Waals surface area contributed by atoms with Crippen LogP contribution in [-0.4, -0.2) is 57.5 Å². The number of anilines is 2. The first kappa shape index (κ1) is 31.7. The van der Waals surface area contributed by atoms with Gasteiger partial charge in [0.2, 0.25) is 0 Å². The molecule has 0 bridgehead atoms. The Kier molecular flexibility index (Phi) is 9.66. The van der Waals surface area contributed by atoms with Gasteiger partial charge in [0.15, 0.2) is 0 Å². The van der Waals surface area contributed by atoms with Crippen molar-refractivity contribution >= 4 is 21.5 Å². The molecule has 0 spiro atoms. The molecule has 0 saturated heterocycles. The zero-order chi connectivity index (χ0) is 32.1. The molecule has 4 aromatic rings. The van der Waals surface area contributed by atoms with Gasteiger partial charge in [-0.25, -0.2) is 18.2 Å². The largest absolute Gasteiger partial charge is 0.489 e. The molecular formula is C32H40N8O5S. The minimum absolute atomic E-state index is 0.116. The zero-order valence-corrected chi connectivity index (χ0v) is 26.4. The Labute approximate surface area is 267 Å². The number of nitrogen functional groups attached to an aromatic ring is 1. The zero-order valence-electron chi connectivity index (χ0n) is 25.6. The number of aliphatic hydroxyl groups is 1. The van der Waals surface area contributed by atoms with E-state index in [-0.39, 0.29) is 16.7 Å². The molecule has 6 rings (SSSR count). The number of fused-ring (bicyclic) bond motifs is 1. The number of aromatic nitrogens is 5. The number of nitrogens with zero attached hydrogens (tertiary/aromatic N) is 5. The van der Waals surface area contributed by atoms with E-state index in [2.05, 4.69) is 25.4 Å².